The predicted octanol–water partition coefficient (Wildman–Crippen LogP) is 1.21. The minimum absolute atomic E-state index is 0.320. The van der Waals surface area contributed by atoms with Crippen molar-refractivity contribution in [2.45, 2.75) is 6.18 Å². The number of nitrogens with zero attached hydrogens (tertiary/aromatic N) is 2. The van der Waals surface area contributed by atoms with Gasteiger partial charge in [0.1, 0.15) is 4.88 Å². The van der Waals surface area contributed by atoms with Gasteiger partial charge in [-0.05, 0) is 0 Å². The largest absolute Gasteiger partial charge is 0.434 e. The standard InChI is InChI=1S/C9H10F3N3OS/c10-9(11,12)7-6(17-5-14-7)8(16)15-3-1-13-2-4-15/h5,13H,1-4H2. The number of hydrogen-bond acceptors (Lipinski definition) is 4. The third-order valence-electron chi connectivity index (χ3n) is 2.43. The second-order valence-corrected chi connectivity index (χ2v) is 4.42. The number of halogens is 3. The number of aromatic nitrogens is 1. The molecule has 1 fully saturated rings. The van der Waals surface area contributed by atoms with Gasteiger partial charge in [-0.3, -0.25) is 4.79 Å². The topological polar surface area (TPSA) is 45.2 Å². The quantitative estimate of drug-likeness (QED) is 0.830. The van der Waals surface area contributed by atoms with Crippen LogP contribution in [-0.4, -0.2) is 42.0 Å². The Labute approximate surface area is 99.4 Å². The number of hydrogen-bond donors (Lipinski definition) is 1. The lowest BCUT2D eigenvalue weighted by molar-refractivity contribution is -0.141. The van der Waals surface area contributed by atoms with Gasteiger partial charge in [-0.25, -0.2) is 4.98 Å². The molecule has 0 spiro atoms. The van der Waals surface area contributed by atoms with Crippen molar-refractivity contribution in [2.75, 3.05) is 26.2 Å². The number of carbonyl (C=O) groups is 1. The van der Waals surface area contributed by atoms with E-state index in [1.165, 1.54) is 4.90 Å². The molecule has 0 unspecified atom stereocenters. The molecule has 0 aliphatic carbocycles. The number of piperazine rings is 1. The third kappa shape index (κ3) is 2.58. The highest BCUT2D eigenvalue weighted by atomic mass is 32.1. The SMILES string of the molecule is O=C(c1scnc1C(F)(F)F)N1CCNCC1. The molecule has 8 heteroatoms. The van der Waals surface area contributed by atoms with Crippen LogP contribution in [0.3, 0.4) is 0 Å². The van der Waals surface area contributed by atoms with Gasteiger partial charge in [-0.2, -0.15) is 13.2 Å². The molecule has 0 saturated carbocycles. The molecule has 94 valence electrons. The molecule has 1 amide bonds. The van der Waals surface area contributed by atoms with E-state index in [9.17, 15) is 18.0 Å². The molecule has 1 N–H and O–H groups in total. The summed E-state index contributed by atoms with van der Waals surface area (Å²) in [6.45, 7) is 2.06. The number of carbonyl (C=O) groups excluding carboxylic acids is 1. The van der Waals surface area contributed by atoms with Gasteiger partial charge in [-0.15, -0.1) is 11.3 Å². The fraction of sp³-hybridized carbons (Fsp3) is 0.556. The molecule has 0 bridgehead atoms. The molecule has 0 atom stereocenters. The van der Waals surface area contributed by atoms with Crippen LogP contribution in [0, 0.1) is 0 Å². The monoisotopic (exact) mass is 265 g/mol. The van der Waals surface area contributed by atoms with Crippen molar-refractivity contribution in [3.05, 3.63) is 16.1 Å². The minimum Gasteiger partial charge on any atom is -0.335 e. The third-order valence-corrected chi connectivity index (χ3v) is 3.25. The first-order valence-corrected chi connectivity index (χ1v) is 5.89. The second kappa shape index (κ2) is 4.61. The molecule has 0 radical (unpaired) electrons. The summed E-state index contributed by atoms with van der Waals surface area (Å²) in [5, 5.41) is 3.03. The van der Waals surface area contributed by atoms with Crippen molar-refractivity contribution < 1.29 is 18.0 Å². The first kappa shape index (κ1) is 12.3. The molecule has 0 aromatic carbocycles. The number of amides is 1. The van der Waals surface area contributed by atoms with Crippen molar-refractivity contribution in [2.24, 2.45) is 0 Å². The number of alkyl halides is 3. The summed E-state index contributed by atoms with van der Waals surface area (Å²) in [5.41, 5.74) is -0.0239. The van der Waals surface area contributed by atoms with Crippen molar-refractivity contribution in [1.29, 1.82) is 0 Å². The van der Waals surface area contributed by atoms with Crippen LogP contribution in [0.5, 0.6) is 0 Å². The molecular formula is C9H10F3N3OS. The fourth-order valence-corrected chi connectivity index (χ4v) is 2.38. The van der Waals surface area contributed by atoms with Crippen LogP contribution < -0.4 is 5.32 Å². The van der Waals surface area contributed by atoms with Gasteiger partial charge >= 0.3 is 6.18 Å². The lowest BCUT2D eigenvalue weighted by atomic mass is 10.3. The van der Waals surface area contributed by atoms with Crippen LogP contribution in [0.15, 0.2) is 5.51 Å². The van der Waals surface area contributed by atoms with Crippen LogP contribution in [0.25, 0.3) is 0 Å². The Morgan fingerprint density at radius 1 is 1.41 bits per heavy atom. The molecule has 1 aliphatic rings. The zero-order chi connectivity index (χ0) is 12.5. The highest BCUT2D eigenvalue weighted by molar-refractivity contribution is 7.11. The van der Waals surface area contributed by atoms with Crippen molar-refractivity contribution >= 4 is 17.2 Å². The van der Waals surface area contributed by atoms with Gasteiger partial charge in [0.05, 0.1) is 5.51 Å². The van der Waals surface area contributed by atoms with E-state index in [0.29, 0.717) is 26.2 Å². The Morgan fingerprint density at radius 3 is 2.65 bits per heavy atom. The highest BCUT2D eigenvalue weighted by Gasteiger charge is 2.39. The van der Waals surface area contributed by atoms with Gasteiger partial charge < -0.3 is 10.2 Å². The number of rotatable bonds is 1. The zero-order valence-corrected chi connectivity index (χ0v) is 9.57. The lowest BCUT2D eigenvalue weighted by Gasteiger charge is -2.27. The van der Waals surface area contributed by atoms with Crippen LogP contribution in [0.1, 0.15) is 15.4 Å². The van der Waals surface area contributed by atoms with Gasteiger partial charge in [0.2, 0.25) is 0 Å². The van der Waals surface area contributed by atoms with Crippen LogP contribution in [-0.2, 0) is 6.18 Å². The molecule has 2 rings (SSSR count). The molecule has 1 aliphatic heterocycles. The molecule has 1 aromatic heterocycles. The Balaban J connectivity index is 2.22. The lowest BCUT2D eigenvalue weighted by Crippen LogP contribution is -2.46. The Kier molecular flexibility index (Phi) is 3.34. The van der Waals surface area contributed by atoms with Crippen LogP contribution in [0.2, 0.25) is 0 Å². The van der Waals surface area contributed by atoms with E-state index in [0.717, 1.165) is 16.8 Å². The average molecular weight is 265 g/mol. The Morgan fingerprint density at radius 2 is 2.06 bits per heavy atom. The zero-order valence-electron chi connectivity index (χ0n) is 8.75. The van der Waals surface area contributed by atoms with Gasteiger partial charge in [-0.1, -0.05) is 0 Å². The first-order chi connectivity index (χ1) is 8.00. The van der Waals surface area contributed by atoms with E-state index in [2.05, 4.69) is 10.3 Å². The van der Waals surface area contributed by atoms with E-state index < -0.39 is 17.8 Å². The molecule has 1 saturated heterocycles. The number of nitrogens with one attached hydrogen (secondary N) is 1. The van der Waals surface area contributed by atoms with Gasteiger partial charge in [0, 0.05) is 26.2 Å². The smallest absolute Gasteiger partial charge is 0.335 e. The maximum absolute atomic E-state index is 12.6. The predicted molar refractivity (Wildman–Crippen MR) is 55.9 cm³/mol. The summed E-state index contributed by atoms with van der Waals surface area (Å²) in [5.74, 6) is -0.582. The Hall–Kier alpha value is -1.15. The minimum atomic E-state index is -4.57. The maximum Gasteiger partial charge on any atom is 0.434 e. The normalized spacial score (nSPS) is 17.2. The first-order valence-electron chi connectivity index (χ1n) is 5.01. The fourth-order valence-electron chi connectivity index (χ4n) is 1.61. The molecule has 17 heavy (non-hydrogen) atoms. The van der Waals surface area contributed by atoms with E-state index in [4.69, 9.17) is 0 Å². The summed E-state index contributed by atoms with van der Waals surface area (Å²) in [6.07, 6.45) is -4.57. The van der Waals surface area contributed by atoms with Crippen LogP contribution in [0.4, 0.5) is 13.2 Å². The van der Waals surface area contributed by atoms with Crippen molar-refractivity contribution in [1.82, 2.24) is 15.2 Å². The average Bonchev–Trinajstić information content (AvgIpc) is 2.78. The van der Waals surface area contributed by atoms with Crippen LogP contribution >= 0.6 is 11.3 Å². The van der Waals surface area contributed by atoms with E-state index in [-0.39, 0.29) is 4.88 Å². The van der Waals surface area contributed by atoms with Crippen molar-refractivity contribution in [3.8, 4) is 0 Å². The summed E-state index contributed by atoms with van der Waals surface area (Å²) in [6, 6.07) is 0. The van der Waals surface area contributed by atoms with Gasteiger partial charge in [0.25, 0.3) is 5.91 Å². The summed E-state index contributed by atoms with van der Waals surface area (Å²) in [7, 11) is 0. The van der Waals surface area contributed by atoms with E-state index in [1.54, 1.807) is 0 Å². The highest BCUT2D eigenvalue weighted by Crippen LogP contribution is 2.33. The summed E-state index contributed by atoms with van der Waals surface area (Å²) in [4.78, 5) is 16.2. The van der Waals surface area contributed by atoms with E-state index >= 15 is 0 Å². The second-order valence-electron chi connectivity index (χ2n) is 3.57. The summed E-state index contributed by atoms with van der Waals surface area (Å²) >= 11 is 0.735. The molecule has 1 aromatic rings. The molecule has 2 heterocycles. The molecular weight excluding hydrogens is 255 g/mol. The number of thiazole rings is 1. The summed E-state index contributed by atoms with van der Waals surface area (Å²) < 4.78 is 37.7. The van der Waals surface area contributed by atoms with Crippen molar-refractivity contribution in [3.63, 3.8) is 0 Å². The molecule has 4 nitrogen and oxygen atoms in total. The van der Waals surface area contributed by atoms with E-state index in [1.807, 2.05) is 0 Å². The maximum atomic E-state index is 12.6. The Bertz CT molecular complexity index is 412. The van der Waals surface area contributed by atoms with Gasteiger partial charge in [0.15, 0.2) is 5.69 Å².